The van der Waals surface area contributed by atoms with E-state index in [4.69, 9.17) is 13.9 Å². The van der Waals surface area contributed by atoms with Crippen molar-refractivity contribution >= 4 is 12.2 Å². The summed E-state index contributed by atoms with van der Waals surface area (Å²) in [6.45, 7) is 1.89. The highest BCUT2D eigenvalue weighted by atomic mass is 19.3. The summed E-state index contributed by atoms with van der Waals surface area (Å²) in [5.41, 5.74) is 2.26. The van der Waals surface area contributed by atoms with E-state index in [9.17, 15) is 8.78 Å². The van der Waals surface area contributed by atoms with Crippen LogP contribution in [-0.2, 0) is 24.5 Å². The van der Waals surface area contributed by atoms with Crippen molar-refractivity contribution in [3.05, 3.63) is 83.8 Å². The first kappa shape index (κ1) is 22.5. The normalized spacial score (nSPS) is 14.0. The predicted octanol–water partition coefficient (Wildman–Crippen LogP) is 4.55. The van der Waals surface area contributed by atoms with Gasteiger partial charge in [-0.25, -0.2) is 4.98 Å². The van der Waals surface area contributed by atoms with Crippen molar-refractivity contribution < 1.29 is 32.1 Å². The number of oxazole rings is 1. The van der Waals surface area contributed by atoms with Crippen LogP contribution in [0.5, 0.6) is 17.2 Å². The number of nitrogens with zero attached hydrogens (tertiary/aromatic N) is 4. The van der Waals surface area contributed by atoms with Crippen LogP contribution in [0.15, 0.2) is 65.5 Å². The van der Waals surface area contributed by atoms with Crippen LogP contribution in [0, 0.1) is 0 Å². The molecule has 9 nitrogen and oxygen atoms in total. The number of fused-ring (bicyclic) bond motifs is 1. The smallest absolute Gasteiger partial charge is 0.487 e. The largest absolute Gasteiger partial charge is 0.586 e. The molecule has 0 saturated heterocycles. The number of aromatic nitrogens is 4. The fraction of sp³-hybridized carbons (Fsp3) is 0.208. The van der Waals surface area contributed by atoms with Gasteiger partial charge in [-0.05, 0) is 41.5 Å². The van der Waals surface area contributed by atoms with Crippen LogP contribution in [0.4, 0.5) is 8.78 Å². The van der Waals surface area contributed by atoms with Gasteiger partial charge in [-0.1, -0.05) is 23.4 Å². The van der Waals surface area contributed by atoms with Crippen LogP contribution >= 0.6 is 0 Å². The number of hydrogen-bond acceptors (Lipinski definition) is 8. The molecular formula is C24H20F2N4O5. The first-order valence-corrected chi connectivity index (χ1v) is 10.7. The quantitative estimate of drug-likeness (QED) is 0.304. The van der Waals surface area contributed by atoms with E-state index in [1.807, 2.05) is 24.3 Å². The highest BCUT2D eigenvalue weighted by molar-refractivity contribution is 5.68. The number of hydrogen-bond donors (Lipinski definition) is 0. The van der Waals surface area contributed by atoms with Crippen LogP contribution in [0.3, 0.4) is 0 Å². The van der Waals surface area contributed by atoms with Crippen molar-refractivity contribution in [2.75, 3.05) is 6.61 Å². The Morgan fingerprint density at radius 3 is 2.69 bits per heavy atom. The minimum Gasteiger partial charge on any atom is -0.487 e. The van der Waals surface area contributed by atoms with Gasteiger partial charge in [0.05, 0.1) is 26.0 Å². The highest BCUT2D eigenvalue weighted by Crippen LogP contribution is 2.41. The fourth-order valence-electron chi connectivity index (χ4n) is 3.24. The molecule has 0 fully saturated rings. The Kier molecular flexibility index (Phi) is 6.40. The highest BCUT2D eigenvalue weighted by Gasteiger charge is 2.43. The monoisotopic (exact) mass is 482 g/mol. The Morgan fingerprint density at radius 1 is 1.00 bits per heavy atom. The van der Waals surface area contributed by atoms with E-state index in [-0.39, 0.29) is 18.1 Å². The molecule has 180 valence electrons. The number of benzene rings is 2. The summed E-state index contributed by atoms with van der Waals surface area (Å²) in [5.74, 6) is 1.01. The Hall–Kier alpha value is -4.25. The van der Waals surface area contributed by atoms with Gasteiger partial charge in [0.25, 0.3) is 0 Å². The van der Waals surface area contributed by atoms with Gasteiger partial charge < -0.3 is 23.4 Å². The van der Waals surface area contributed by atoms with Gasteiger partial charge in [-0.3, -0.25) is 4.68 Å². The molecule has 11 heteroatoms. The van der Waals surface area contributed by atoms with Gasteiger partial charge in [0.2, 0.25) is 5.89 Å². The molecule has 0 amide bonds. The SMILES string of the molecule is FC1(F)Oc2ccc(C=Cc3nc(COc4ccc(COCCn5ccnn5)cc4)co3)cc2O1. The van der Waals surface area contributed by atoms with Crippen molar-refractivity contribution in [3.8, 4) is 17.2 Å². The first-order valence-electron chi connectivity index (χ1n) is 10.7. The molecule has 0 atom stereocenters. The maximum Gasteiger partial charge on any atom is 0.586 e. The summed E-state index contributed by atoms with van der Waals surface area (Å²) >= 11 is 0. The molecule has 0 radical (unpaired) electrons. The molecule has 1 aliphatic rings. The Labute approximate surface area is 198 Å². The lowest BCUT2D eigenvalue weighted by Gasteiger charge is -2.07. The van der Waals surface area contributed by atoms with Gasteiger partial charge >= 0.3 is 6.29 Å². The average Bonchev–Trinajstić information content (AvgIpc) is 3.59. The maximum absolute atomic E-state index is 13.1. The number of halogens is 2. The Morgan fingerprint density at radius 2 is 1.86 bits per heavy atom. The van der Waals surface area contributed by atoms with E-state index in [2.05, 4.69) is 24.8 Å². The summed E-state index contributed by atoms with van der Waals surface area (Å²) < 4.78 is 53.6. The zero-order chi connectivity index (χ0) is 24.1. The third-order valence-corrected chi connectivity index (χ3v) is 4.93. The summed E-state index contributed by atoms with van der Waals surface area (Å²) in [5, 5.41) is 7.63. The van der Waals surface area contributed by atoms with E-state index in [0.717, 1.165) is 5.56 Å². The number of ether oxygens (including phenoxy) is 4. The molecule has 0 aliphatic carbocycles. The van der Waals surface area contributed by atoms with Gasteiger partial charge in [-0.2, -0.15) is 0 Å². The second-order valence-corrected chi connectivity index (χ2v) is 7.54. The van der Waals surface area contributed by atoms with Gasteiger partial charge in [0.1, 0.15) is 24.3 Å². The minimum atomic E-state index is -3.64. The van der Waals surface area contributed by atoms with E-state index in [0.29, 0.717) is 42.7 Å². The Bertz CT molecular complexity index is 1290. The summed E-state index contributed by atoms with van der Waals surface area (Å²) in [6.07, 6.45) is 4.56. The maximum atomic E-state index is 13.1. The lowest BCUT2D eigenvalue weighted by molar-refractivity contribution is -0.286. The van der Waals surface area contributed by atoms with Crippen molar-refractivity contribution in [1.82, 2.24) is 20.0 Å². The molecule has 5 rings (SSSR count). The zero-order valence-corrected chi connectivity index (χ0v) is 18.3. The van der Waals surface area contributed by atoms with Crippen LogP contribution in [0.2, 0.25) is 0 Å². The number of rotatable bonds is 10. The van der Waals surface area contributed by atoms with Crippen LogP contribution < -0.4 is 14.2 Å². The molecule has 0 spiro atoms. The van der Waals surface area contributed by atoms with Crippen LogP contribution in [-0.4, -0.2) is 32.9 Å². The lowest BCUT2D eigenvalue weighted by Crippen LogP contribution is -2.25. The van der Waals surface area contributed by atoms with E-state index in [1.165, 1.54) is 18.4 Å². The third kappa shape index (κ3) is 6.01. The van der Waals surface area contributed by atoms with Crippen LogP contribution in [0.25, 0.3) is 12.2 Å². The minimum absolute atomic E-state index is 0.00794. The summed E-state index contributed by atoms with van der Waals surface area (Å²) in [6, 6.07) is 12.1. The van der Waals surface area contributed by atoms with Crippen molar-refractivity contribution in [1.29, 1.82) is 0 Å². The molecule has 35 heavy (non-hydrogen) atoms. The van der Waals surface area contributed by atoms with Gasteiger partial charge in [-0.15, -0.1) is 13.9 Å². The predicted molar refractivity (Wildman–Crippen MR) is 119 cm³/mol. The molecule has 0 N–H and O–H groups in total. The molecule has 0 bridgehead atoms. The third-order valence-electron chi connectivity index (χ3n) is 4.93. The van der Waals surface area contributed by atoms with E-state index < -0.39 is 6.29 Å². The van der Waals surface area contributed by atoms with E-state index >= 15 is 0 Å². The Balaban J connectivity index is 1.08. The van der Waals surface area contributed by atoms with Gasteiger partial charge in [0.15, 0.2) is 11.5 Å². The van der Waals surface area contributed by atoms with Gasteiger partial charge in [0, 0.05) is 12.3 Å². The molecule has 0 saturated carbocycles. The summed E-state index contributed by atoms with van der Waals surface area (Å²) in [7, 11) is 0. The molecule has 3 heterocycles. The second-order valence-electron chi connectivity index (χ2n) is 7.54. The average molecular weight is 482 g/mol. The molecular weight excluding hydrogens is 462 g/mol. The van der Waals surface area contributed by atoms with E-state index in [1.54, 1.807) is 35.3 Å². The molecule has 4 aromatic rings. The van der Waals surface area contributed by atoms with Crippen molar-refractivity contribution in [3.63, 3.8) is 0 Å². The second kappa shape index (κ2) is 9.94. The van der Waals surface area contributed by atoms with Crippen LogP contribution in [0.1, 0.15) is 22.7 Å². The lowest BCUT2D eigenvalue weighted by atomic mass is 10.2. The van der Waals surface area contributed by atoms with Crippen molar-refractivity contribution in [2.24, 2.45) is 0 Å². The molecule has 1 aliphatic heterocycles. The zero-order valence-electron chi connectivity index (χ0n) is 18.3. The van der Waals surface area contributed by atoms with Crippen molar-refractivity contribution in [2.45, 2.75) is 26.1 Å². The fourth-order valence-corrected chi connectivity index (χ4v) is 3.24. The standard InChI is InChI=1S/C24H20F2N4O5/c25-24(26)34-21-7-3-17(13-22(21)35-24)4-8-23-28-19(16-33-23)15-32-20-5-1-18(2-6-20)14-31-12-11-30-10-9-27-29-30/h1-10,13,16H,11-12,14-15H2. The number of alkyl halides is 2. The molecule has 0 unspecified atom stereocenters. The molecule has 2 aromatic carbocycles. The topological polar surface area (TPSA) is 93.7 Å². The summed E-state index contributed by atoms with van der Waals surface area (Å²) in [4.78, 5) is 4.34. The molecule has 2 aromatic heterocycles. The first-order chi connectivity index (χ1) is 17.0.